The minimum absolute atomic E-state index is 0.157. The molecule has 88 valence electrons. The SMILES string of the molecule is Cc1cc(O)cc(Oc2ncc(Cl)cc2Br)c1. The molecule has 0 bridgehead atoms. The zero-order valence-corrected chi connectivity index (χ0v) is 11.3. The molecule has 2 aromatic rings. The van der Waals surface area contributed by atoms with Gasteiger partial charge in [0.05, 0.1) is 9.50 Å². The molecular weight excluding hydrogens is 305 g/mol. The topological polar surface area (TPSA) is 42.4 Å². The first-order chi connectivity index (χ1) is 8.04. The Hall–Kier alpha value is -1.26. The van der Waals surface area contributed by atoms with E-state index < -0.39 is 0 Å². The molecule has 1 N–H and O–H groups in total. The lowest BCUT2D eigenvalue weighted by atomic mass is 10.2. The van der Waals surface area contributed by atoms with Gasteiger partial charge in [-0.3, -0.25) is 0 Å². The lowest BCUT2D eigenvalue weighted by molar-refractivity contribution is 0.443. The molecule has 17 heavy (non-hydrogen) atoms. The van der Waals surface area contributed by atoms with Gasteiger partial charge in [0.15, 0.2) is 0 Å². The van der Waals surface area contributed by atoms with Gasteiger partial charge in [-0.05, 0) is 46.6 Å². The molecule has 0 atom stereocenters. The number of ether oxygens (including phenoxy) is 1. The lowest BCUT2D eigenvalue weighted by Crippen LogP contribution is -1.89. The van der Waals surface area contributed by atoms with E-state index in [4.69, 9.17) is 16.3 Å². The summed E-state index contributed by atoms with van der Waals surface area (Å²) in [6.07, 6.45) is 1.50. The number of phenols is 1. The standard InChI is InChI=1S/C12H9BrClNO2/c1-7-2-9(16)5-10(3-7)17-12-11(13)4-8(14)6-15-12/h2-6,16H,1H3. The average molecular weight is 315 g/mol. The number of phenolic OH excluding ortho intramolecular Hbond substituents is 1. The minimum atomic E-state index is 0.157. The van der Waals surface area contributed by atoms with Crippen LogP contribution in [0.1, 0.15) is 5.56 Å². The molecule has 0 fully saturated rings. The van der Waals surface area contributed by atoms with Crippen molar-refractivity contribution in [2.75, 3.05) is 0 Å². The second-order valence-electron chi connectivity index (χ2n) is 3.55. The number of nitrogens with zero attached hydrogens (tertiary/aromatic N) is 1. The van der Waals surface area contributed by atoms with Crippen molar-refractivity contribution < 1.29 is 9.84 Å². The maximum atomic E-state index is 9.45. The second-order valence-corrected chi connectivity index (χ2v) is 4.84. The van der Waals surface area contributed by atoms with E-state index in [1.54, 1.807) is 12.1 Å². The summed E-state index contributed by atoms with van der Waals surface area (Å²) in [4.78, 5) is 4.05. The van der Waals surface area contributed by atoms with Crippen LogP contribution in [0.5, 0.6) is 17.4 Å². The number of rotatable bonds is 2. The highest BCUT2D eigenvalue weighted by Gasteiger charge is 2.06. The molecule has 3 nitrogen and oxygen atoms in total. The van der Waals surface area contributed by atoms with Crippen LogP contribution in [0, 0.1) is 6.92 Å². The van der Waals surface area contributed by atoms with Crippen LogP contribution in [0.15, 0.2) is 34.9 Å². The van der Waals surface area contributed by atoms with Gasteiger partial charge in [-0.15, -0.1) is 0 Å². The van der Waals surface area contributed by atoms with Crippen molar-refractivity contribution in [2.45, 2.75) is 6.92 Å². The zero-order valence-electron chi connectivity index (χ0n) is 8.95. The van der Waals surface area contributed by atoms with Gasteiger partial charge in [0.25, 0.3) is 0 Å². The maximum Gasteiger partial charge on any atom is 0.233 e. The van der Waals surface area contributed by atoms with Gasteiger partial charge < -0.3 is 9.84 Å². The first-order valence-corrected chi connectivity index (χ1v) is 6.01. The third-order valence-corrected chi connectivity index (χ3v) is 2.80. The van der Waals surface area contributed by atoms with E-state index in [1.165, 1.54) is 12.3 Å². The quantitative estimate of drug-likeness (QED) is 0.898. The summed E-state index contributed by atoms with van der Waals surface area (Å²) < 4.78 is 6.21. The van der Waals surface area contributed by atoms with Crippen molar-refractivity contribution in [2.24, 2.45) is 0 Å². The summed E-state index contributed by atoms with van der Waals surface area (Å²) in [5.74, 6) is 1.09. The first kappa shape index (κ1) is 12.2. The molecule has 0 aliphatic carbocycles. The number of hydrogen-bond donors (Lipinski definition) is 1. The summed E-state index contributed by atoms with van der Waals surface area (Å²) in [5.41, 5.74) is 0.907. The molecule has 0 saturated carbocycles. The zero-order chi connectivity index (χ0) is 12.4. The van der Waals surface area contributed by atoms with Crippen LogP contribution >= 0.6 is 27.5 Å². The van der Waals surface area contributed by atoms with Crippen LogP contribution in [0.4, 0.5) is 0 Å². The van der Waals surface area contributed by atoms with Crippen LogP contribution in [0.2, 0.25) is 5.02 Å². The fourth-order valence-electron chi connectivity index (χ4n) is 1.38. The summed E-state index contributed by atoms with van der Waals surface area (Å²) in [7, 11) is 0. The van der Waals surface area contributed by atoms with Crippen LogP contribution in [0.25, 0.3) is 0 Å². The van der Waals surface area contributed by atoms with Crippen LogP contribution in [-0.4, -0.2) is 10.1 Å². The summed E-state index contributed by atoms with van der Waals surface area (Å²) >= 11 is 9.09. The summed E-state index contributed by atoms with van der Waals surface area (Å²) in [6, 6.07) is 6.68. The summed E-state index contributed by atoms with van der Waals surface area (Å²) in [5, 5.41) is 9.98. The Balaban J connectivity index is 2.31. The number of halogens is 2. The van der Waals surface area contributed by atoms with E-state index in [0.717, 1.165) is 5.56 Å². The van der Waals surface area contributed by atoms with Gasteiger partial charge in [-0.1, -0.05) is 11.6 Å². The third kappa shape index (κ3) is 3.11. The van der Waals surface area contributed by atoms with Gasteiger partial charge in [0, 0.05) is 12.3 Å². The number of aromatic nitrogens is 1. The molecule has 1 aromatic heterocycles. The van der Waals surface area contributed by atoms with Crippen molar-refractivity contribution in [1.82, 2.24) is 4.98 Å². The van der Waals surface area contributed by atoms with Crippen molar-refractivity contribution in [3.63, 3.8) is 0 Å². The Morgan fingerprint density at radius 2 is 2.06 bits per heavy atom. The van der Waals surface area contributed by atoms with Crippen LogP contribution in [0.3, 0.4) is 0 Å². The average Bonchev–Trinajstić information content (AvgIpc) is 2.21. The van der Waals surface area contributed by atoms with Gasteiger partial charge in [0.1, 0.15) is 11.5 Å². The van der Waals surface area contributed by atoms with Crippen LogP contribution < -0.4 is 4.74 Å². The van der Waals surface area contributed by atoms with Gasteiger partial charge >= 0.3 is 0 Å². The highest BCUT2D eigenvalue weighted by molar-refractivity contribution is 9.10. The van der Waals surface area contributed by atoms with Gasteiger partial charge in [0.2, 0.25) is 5.88 Å². The smallest absolute Gasteiger partial charge is 0.233 e. The molecule has 0 saturated heterocycles. The molecule has 0 radical (unpaired) electrons. The molecule has 0 unspecified atom stereocenters. The number of hydrogen-bond acceptors (Lipinski definition) is 3. The largest absolute Gasteiger partial charge is 0.508 e. The summed E-state index contributed by atoms with van der Waals surface area (Å²) in [6.45, 7) is 1.87. The van der Waals surface area contributed by atoms with Crippen molar-refractivity contribution in [3.05, 3.63) is 45.5 Å². The third-order valence-electron chi connectivity index (χ3n) is 2.02. The van der Waals surface area contributed by atoms with E-state index in [0.29, 0.717) is 21.1 Å². The normalized spacial score (nSPS) is 10.3. The van der Waals surface area contributed by atoms with Gasteiger partial charge in [-0.25, -0.2) is 4.98 Å². The Bertz CT molecular complexity index is 540. The Labute approximate surface area is 112 Å². The van der Waals surface area contributed by atoms with E-state index in [9.17, 15) is 5.11 Å². The predicted octanol–water partition coefficient (Wildman–Crippen LogP) is 4.30. The van der Waals surface area contributed by atoms with E-state index >= 15 is 0 Å². The number of aromatic hydroxyl groups is 1. The highest BCUT2D eigenvalue weighted by atomic mass is 79.9. The number of benzene rings is 1. The van der Waals surface area contributed by atoms with E-state index in [-0.39, 0.29) is 5.75 Å². The molecule has 2 rings (SSSR count). The molecule has 0 amide bonds. The van der Waals surface area contributed by atoms with Gasteiger partial charge in [-0.2, -0.15) is 0 Å². The second kappa shape index (κ2) is 4.94. The number of pyridine rings is 1. The Morgan fingerprint density at radius 1 is 1.29 bits per heavy atom. The predicted molar refractivity (Wildman–Crippen MR) is 69.9 cm³/mol. The minimum Gasteiger partial charge on any atom is -0.508 e. The Morgan fingerprint density at radius 3 is 2.71 bits per heavy atom. The van der Waals surface area contributed by atoms with Crippen LogP contribution in [-0.2, 0) is 0 Å². The lowest BCUT2D eigenvalue weighted by Gasteiger charge is -2.08. The van der Waals surface area contributed by atoms with Crippen molar-refractivity contribution in [3.8, 4) is 17.4 Å². The monoisotopic (exact) mass is 313 g/mol. The first-order valence-electron chi connectivity index (χ1n) is 4.84. The molecular formula is C12H9BrClNO2. The Kier molecular flexibility index (Phi) is 3.54. The molecule has 0 spiro atoms. The van der Waals surface area contributed by atoms with Crippen molar-refractivity contribution in [1.29, 1.82) is 0 Å². The maximum absolute atomic E-state index is 9.45. The van der Waals surface area contributed by atoms with Crippen molar-refractivity contribution >= 4 is 27.5 Å². The fourth-order valence-corrected chi connectivity index (χ4v) is 2.10. The fraction of sp³-hybridized carbons (Fsp3) is 0.0833. The van der Waals surface area contributed by atoms with E-state index in [1.807, 2.05) is 13.0 Å². The van der Waals surface area contributed by atoms with E-state index in [2.05, 4.69) is 20.9 Å². The molecule has 1 aromatic carbocycles. The highest BCUT2D eigenvalue weighted by Crippen LogP contribution is 2.31. The number of aryl methyl sites for hydroxylation is 1. The molecule has 0 aliphatic heterocycles. The molecule has 5 heteroatoms. The molecule has 0 aliphatic rings. The molecule has 1 heterocycles.